The molecule has 2 aliphatic rings. The van der Waals surface area contributed by atoms with Crippen molar-refractivity contribution in [3.63, 3.8) is 0 Å². The number of carbonyl (C=O) groups excluding carboxylic acids is 1. The fraction of sp³-hybridized carbons (Fsp3) is 0.615. The normalized spacial score (nSPS) is 22.6. The molecule has 0 unspecified atom stereocenters. The highest BCUT2D eigenvalue weighted by Crippen LogP contribution is 2.46. The lowest BCUT2D eigenvalue weighted by Gasteiger charge is -2.27. The Labute approximate surface area is 359 Å². The van der Waals surface area contributed by atoms with E-state index < -0.39 is 106 Å². The summed E-state index contributed by atoms with van der Waals surface area (Å²) in [6, 6.07) is 1.23. The van der Waals surface area contributed by atoms with Crippen LogP contribution in [0.5, 0.6) is 11.8 Å². The Morgan fingerprint density at radius 2 is 1.22 bits per heavy atom. The first kappa shape index (κ1) is 49.6. The molecule has 4 aromatic rings. The molecule has 2 aliphatic heterocycles. The molecule has 1 amide bonds. The van der Waals surface area contributed by atoms with Crippen molar-refractivity contribution < 1.29 is 77.6 Å². The molecule has 6 rings (SSSR count). The molecule has 0 radical (unpaired) electrons. The third-order valence-electron chi connectivity index (χ3n) is 9.84. The minimum atomic E-state index is -5.19. The maximum Gasteiger partial charge on any atom is 0.426 e. The number of hydrogen-bond acceptors (Lipinski definition) is 15. The van der Waals surface area contributed by atoms with Gasteiger partial charge in [0.05, 0.1) is 23.6 Å². The number of nitrogens with zero attached hydrogens (tertiary/aromatic N) is 6. The van der Waals surface area contributed by atoms with Crippen molar-refractivity contribution in [2.24, 2.45) is 0 Å². The van der Waals surface area contributed by atoms with Crippen LogP contribution in [0.1, 0.15) is 129 Å². The van der Waals surface area contributed by atoms with Crippen LogP contribution in [0.25, 0.3) is 23.2 Å². The van der Waals surface area contributed by atoms with Crippen LogP contribution < -0.4 is 20.5 Å². The summed E-state index contributed by atoms with van der Waals surface area (Å²) in [6.07, 6.45) is -14.3. The molecular formula is C39H47F9N8O8. The molecule has 6 heterocycles. The van der Waals surface area contributed by atoms with Crippen LogP contribution in [-0.2, 0) is 28.3 Å². The van der Waals surface area contributed by atoms with Crippen LogP contribution >= 0.6 is 0 Å². The van der Waals surface area contributed by atoms with Gasteiger partial charge in [-0.15, -0.1) is 20.4 Å². The number of ether oxygens (including phenoxy) is 3. The molecule has 5 N–H and O–H groups in total. The molecular weight excluding hydrogens is 879 g/mol. The number of nitrogens with two attached hydrogens (primary N) is 1. The second kappa shape index (κ2) is 18.6. The number of aromatic nitrogens is 6. The van der Waals surface area contributed by atoms with Gasteiger partial charge in [-0.3, -0.25) is 5.32 Å². The van der Waals surface area contributed by atoms with E-state index in [2.05, 4.69) is 35.7 Å². The molecule has 64 heavy (non-hydrogen) atoms. The van der Waals surface area contributed by atoms with Gasteiger partial charge in [-0.25, -0.2) is 14.8 Å². The molecule has 4 aromatic heterocycles. The number of anilines is 2. The van der Waals surface area contributed by atoms with Gasteiger partial charge >= 0.3 is 24.6 Å². The average Bonchev–Trinajstić information content (AvgIpc) is 3.85. The van der Waals surface area contributed by atoms with E-state index in [1.807, 2.05) is 0 Å². The van der Waals surface area contributed by atoms with Gasteiger partial charge in [0.1, 0.15) is 22.3 Å². The third-order valence-corrected chi connectivity index (χ3v) is 9.84. The van der Waals surface area contributed by atoms with Gasteiger partial charge in [-0.1, -0.05) is 19.3 Å². The first-order valence-corrected chi connectivity index (χ1v) is 20.0. The van der Waals surface area contributed by atoms with Crippen molar-refractivity contribution in [1.82, 2.24) is 30.4 Å². The highest BCUT2D eigenvalue weighted by Gasteiger charge is 2.58. The summed E-state index contributed by atoms with van der Waals surface area (Å²) < 4.78 is 150. The quantitative estimate of drug-likeness (QED) is 0.130. The van der Waals surface area contributed by atoms with E-state index in [-0.39, 0.29) is 42.4 Å². The summed E-state index contributed by atoms with van der Waals surface area (Å²) in [6.45, 7) is 9.26. The smallest absolute Gasteiger partial charge is 0.426 e. The van der Waals surface area contributed by atoms with Crippen molar-refractivity contribution in [2.45, 2.75) is 153 Å². The van der Waals surface area contributed by atoms with E-state index in [0.29, 0.717) is 31.7 Å². The summed E-state index contributed by atoms with van der Waals surface area (Å²) in [4.78, 5) is 20.1. The predicted molar refractivity (Wildman–Crippen MR) is 205 cm³/mol. The highest BCUT2D eigenvalue weighted by atomic mass is 19.4. The van der Waals surface area contributed by atoms with Crippen LogP contribution in [0, 0.1) is 0 Å². The Bertz CT molecular complexity index is 2260. The van der Waals surface area contributed by atoms with Gasteiger partial charge in [0.2, 0.25) is 23.3 Å². The van der Waals surface area contributed by atoms with E-state index >= 15 is 0 Å². The predicted octanol–water partition coefficient (Wildman–Crippen LogP) is 9.65. The molecule has 0 aliphatic carbocycles. The number of fused-ring (bicyclic) bond motifs is 10. The molecule has 0 aromatic carbocycles. The topological polar surface area (TPSA) is 227 Å². The fourth-order valence-electron chi connectivity index (χ4n) is 6.50. The van der Waals surface area contributed by atoms with Gasteiger partial charge in [0, 0.05) is 0 Å². The lowest BCUT2D eigenvalue weighted by Crippen LogP contribution is -2.42. The van der Waals surface area contributed by atoms with E-state index in [0.717, 1.165) is 18.9 Å². The number of nitrogens with one attached hydrogen (secondary N) is 1. The van der Waals surface area contributed by atoms with Crippen molar-refractivity contribution in [1.29, 1.82) is 0 Å². The monoisotopic (exact) mass is 926 g/mol. The number of amides is 1. The first-order chi connectivity index (χ1) is 29.5. The van der Waals surface area contributed by atoms with Crippen molar-refractivity contribution in [3.8, 4) is 34.9 Å². The van der Waals surface area contributed by atoms with Gasteiger partial charge in [-0.05, 0) is 98.6 Å². The molecule has 0 fully saturated rings. The van der Waals surface area contributed by atoms with E-state index in [1.165, 1.54) is 27.7 Å². The molecule has 8 bridgehead atoms. The fourth-order valence-corrected chi connectivity index (χ4v) is 6.50. The largest absolute Gasteiger partial charge is 0.474 e. The molecule has 0 saturated carbocycles. The number of rotatable bonds is 1. The lowest BCUT2D eigenvalue weighted by atomic mass is 9.94. The van der Waals surface area contributed by atoms with Crippen LogP contribution in [0.4, 0.5) is 55.7 Å². The second-order valence-corrected chi connectivity index (χ2v) is 16.7. The zero-order valence-electron chi connectivity index (χ0n) is 35.4. The maximum atomic E-state index is 13.9. The number of alkyl halides is 9. The number of hydrogen-bond donors (Lipinski definition) is 4. The third kappa shape index (κ3) is 12.0. The van der Waals surface area contributed by atoms with Gasteiger partial charge in [0.15, 0.2) is 11.4 Å². The minimum absolute atomic E-state index is 0.0357. The highest BCUT2D eigenvalue weighted by molar-refractivity contribution is 5.89. The average molecular weight is 927 g/mol. The summed E-state index contributed by atoms with van der Waals surface area (Å²) in [7, 11) is 0. The molecule has 0 saturated heterocycles. The maximum absolute atomic E-state index is 13.9. The van der Waals surface area contributed by atoms with E-state index in [9.17, 15) is 54.5 Å². The Hall–Kier alpha value is -5.46. The zero-order chi connectivity index (χ0) is 47.6. The number of nitrogen functional groups attached to an aromatic ring is 1. The van der Waals surface area contributed by atoms with E-state index in [1.54, 1.807) is 13.8 Å². The summed E-state index contributed by atoms with van der Waals surface area (Å²) in [5.74, 6) is -3.69. The number of carbonyl (C=O) groups is 1. The Morgan fingerprint density at radius 3 is 1.75 bits per heavy atom. The summed E-state index contributed by atoms with van der Waals surface area (Å²) >= 11 is 0. The first-order valence-electron chi connectivity index (χ1n) is 20.0. The molecule has 354 valence electrons. The van der Waals surface area contributed by atoms with Gasteiger partial charge in [-0.2, -0.15) is 39.5 Å². The van der Waals surface area contributed by atoms with Crippen LogP contribution in [0.2, 0.25) is 0 Å². The van der Waals surface area contributed by atoms with Crippen LogP contribution in [-0.4, -0.2) is 70.7 Å². The second-order valence-electron chi connectivity index (χ2n) is 16.7. The Balaban J connectivity index is 0.000000253. The standard InChI is InChI=1S/C22H26F6N4O5.C17H21F3N4O3/c1-11-8-6-5-7-9-20(34,22(26,27)28)17-32-31-16(36-17)14-13(29-18(33)37-19(2,3)4)10-12(21(23,24)25)15(30-14)35-11;1-9-6-4-3-5-7-16(2,25)15-24-23-14(27-15)12-11(21)8-10(17(18,19)20)13(22-12)26-9/h10-11,34H,5-9H2,1-4H3,(H,29,33);8-9,25H,3-7,21H2,1-2H3/t11-,20+;9-,16+/m00/s1. The molecule has 0 spiro atoms. The van der Waals surface area contributed by atoms with Gasteiger partial charge in [0.25, 0.3) is 17.7 Å². The molecule has 4 atom stereocenters. The SMILES string of the molecule is C[C@H]1CCCCC[C@@](C)(O)c2nnc(o2)-c2nc(c(C(F)(F)F)cc2N)O1.C[C@H]1CCCCC[C@](O)(C(F)(F)F)c2nnc(o2)-c2nc(c(C(F)(F)F)cc2NC(=O)OC(C)(C)C)O1. The van der Waals surface area contributed by atoms with Gasteiger partial charge < -0.3 is 39.0 Å². The number of halogens is 9. The van der Waals surface area contributed by atoms with Crippen molar-refractivity contribution in [2.75, 3.05) is 11.1 Å². The van der Waals surface area contributed by atoms with E-state index in [4.69, 9.17) is 28.8 Å². The summed E-state index contributed by atoms with van der Waals surface area (Å²) in [5, 5.41) is 37.5. The molecule has 25 heteroatoms. The molecule has 16 nitrogen and oxygen atoms in total. The Kier molecular flexibility index (Phi) is 14.4. The number of aliphatic hydroxyl groups is 2. The minimum Gasteiger partial charge on any atom is -0.474 e. The van der Waals surface area contributed by atoms with Crippen LogP contribution in [0.15, 0.2) is 21.0 Å². The number of pyridine rings is 2. The Morgan fingerprint density at radius 1 is 0.734 bits per heavy atom. The van der Waals surface area contributed by atoms with Crippen molar-refractivity contribution in [3.05, 3.63) is 35.0 Å². The lowest BCUT2D eigenvalue weighted by molar-refractivity contribution is -0.277. The summed E-state index contributed by atoms with van der Waals surface area (Å²) in [5.41, 5.74) is -4.17. The zero-order valence-corrected chi connectivity index (χ0v) is 35.4. The van der Waals surface area contributed by atoms with Crippen molar-refractivity contribution >= 4 is 17.5 Å². The van der Waals surface area contributed by atoms with Crippen LogP contribution in [0.3, 0.4) is 0 Å².